The van der Waals surface area contributed by atoms with E-state index >= 15 is 0 Å². The van der Waals surface area contributed by atoms with Gasteiger partial charge in [0.15, 0.2) is 0 Å². The number of anilines is 2. The first kappa shape index (κ1) is 17.5. The van der Waals surface area contributed by atoms with Gasteiger partial charge in [0.2, 0.25) is 0 Å². The van der Waals surface area contributed by atoms with Gasteiger partial charge in [0.1, 0.15) is 5.39 Å². The molecule has 5 aromatic rings. The number of hydrogen-bond acceptors (Lipinski definition) is 7. The molecule has 10 heteroatoms. The third-order valence-electron chi connectivity index (χ3n) is 4.88. The van der Waals surface area contributed by atoms with Gasteiger partial charge in [0, 0.05) is 34.7 Å². The maximum absolute atomic E-state index is 11.7. The highest BCUT2D eigenvalue weighted by molar-refractivity contribution is 6.12. The SMILES string of the molecule is O=[N+]([O-])c1ccc2c(Nc3ccc4[nH]ncc4c3)c3c([N+](=O)[O-])cccc3nc2c1. The minimum atomic E-state index is -0.501. The number of nitrogens with one attached hydrogen (secondary N) is 2. The van der Waals surface area contributed by atoms with E-state index in [0.29, 0.717) is 33.2 Å². The summed E-state index contributed by atoms with van der Waals surface area (Å²) in [6, 6.07) is 14.4. The van der Waals surface area contributed by atoms with Crippen LogP contribution in [0.1, 0.15) is 0 Å². The summed E-state index contributed by atoms with van der Waals surface area (Å²) in [4.78, 5) is 26.4. The van der Waals surface area contributed by atoms with E-state index in [4.69, 9.17) is 0 Å². The summed E-state index contributed by atoms with van der Waals surface area (Å²) in [6.45, 7) is 0. The Morgan fingerprint density at radius 3 is 2.60 bits per heavy atom. The second-order valence-electron chi connectivity index (χ2n) is 6.67. The van der Waals surface area contributed by atoms with Crippen LogP contribution in [0, 0.1) is 20.2 Å². The molecule has 0 saturated heterocycles. The summed E-state index contributed by atoms with van der Waals surface area (Å²) in [7, 11) is 0. The Hall–Kier alpha value is -4.60. The standard InChI is InChI=1S/C20H12N6O4/c27-25(28)13-5-6-14-17(9-13)23-16-2-1-3-18(26(29)30)19(16)20(14)22-12-4-7-15-11(8-12)10-21-24-15/h1-10H,(H,21,24)(H,22,23). The van der Waals surface area contributed by atoms with Crippen molar-refractivity contribution in [1.82, 2.24) is 15.2 Å². The monoisotopic (exact) mass is 400 g/mol. The van der Waals surface area contributed by atoms with Gasteiger partial charge in [-0.1, -0.05) is 6.07 Å². The molecule has 30 heavy (non-hydrogen) atoms. The first-order valence-electron chi connectivity index (χ1n) is 8.87. The number of pyridine rings is 1. The molecular weight excluding hydrogens is 388 g/mol. The number of nitro groups is 2. The molecule has 0 aliphatic carbocycles. The zero-order chi connectivity index (χ0) is 20.8. The lowest BCUT2D eigenvalue weighted by Crippen LogP contribution is -1.99. The van der Waals surface area contributed by atoms with Crippen molar-refractivity contribution in [2.75, 3.05) is 5.32 Å². The molecule has 0 atom stereocenters. The quantitative estimate of drug-likeness (QED) is 0.250. The third kappa shape index (κ3) is 2.75. The largest absolute Gasteiger partial charge is 0.354 e. The zero-order valence-electron chi connectivity index (χ0n) is 15.2. The lowest BCUT2D eigenvalue weighted by molar-refractivity contribution is -0.384. The van der Waals surface area contributed by atoms with E-state index in [9.17, 15) is 20.2 Å². The van der Waals surface area contributed by atoms with Gasteiger partial charge < -0.3 is 5.32 Å². The number of hydrogen-bond donors (Lipinski definition) is 2. The van der Waals surface area contributed by atoms with Crippen LogP contribution >= 0.6 is 0 Å². The summed E-state index contributed by atoms with van der Waals surface area (Å²) >= 11 is 0. The number of benzene rings is 3. The first-order chi connectivity index (χ1) is 14.5. The Morgan fingerprint density at radius 2 is 1.80 bits per heavy atom. The Kier molecular flexibility index (Phi) is 3.78. The lowest BCUT2D eigenvalue weighted by atomic mass is 10.0. The lowest BCUT2D eigenvalue weighted by Gasteiger charge is -2.13. The molecule has 146 valence electrons. The fourth-order valence-electron chi connectivity index (χ4n) is 3.53. The minimum absolute atomic E-state index is 0.104. The zero-order valence-corrected chi connectivity index (χ0v) is 15.2. The highest BCUT2D eigenvalue weighted by atomic mass is 16.6. The molecule has 0 aliphatic heterocycles. The molecule has 3 aromatic carbocycles. The fraction of sp³-hybridized carbons (Fsp3) is 0. The van der Waals surface area contributed by atoms with Gasteiger partial charge in [-0.2, -0.15) is 5.10 Å². The van der Waals surface area contributed by atoms with E-state index in [-0.39, 0.29) is 11.4 Å². The molecule has 0 spiro atoms. The molecule has 0 saturated carbocycles. The Morgan fingerprint density at radius 1 is 0.933 bits per heavy atom. The van der Waals surface area contributed by atoms with Crippen molar-refractivity contribution in [2.45, 2.75) is 0 Å². The number of fused-ring (bicyclic) bond motifs is 3. The predicted molar refractivity (Wildman–Crippen MR) is 112 cm³/mol. The van der Waals surface area contributed by atoms with Gasteiger partial charge in [-0.05, 0) is 30.3 Å². The summed E-state index contributed by atoms with van der Waals surface area (Å²) in [5.41, 5.74) is 2.52. The number of nitrogens with zero attached hydrogens (tertiary/aromatic N) is 4. The summed E-state index contributed by atoms with van der Waals surface area (Å²) in [5, 5.41) is 34.7. The summed E-state index contributed by atoms with van der Waals surface area (Å²) < 4.78 is 0. The molecule has 2 heterocycles. The van der Waals surface area contributed by atoms with Crippen molar-refractivity contribution in [3.63, 3.8) is 0 Å². The van der Waals surface area contributed by atoms with Crippen LogP contribution in [0.2, 0.25) is 0 Å². The number of aromatic nitrogens is 3. The van der Waals surface area contributed by atoms with Crippen LogP contribution in [0.4, 0.5) is 22.7 Å². The van der Waals surface area contributed by atoms with Crippen molar-refractivity contribution in [3.05, 3.63) is 81.0 Å². The van der Waals surface area contributed by atoms with Crippen LogP contribution in [0.25, 0.3) is 32.7 Å². The molecule has 0 unspecified atom stereocenters. The van der Waals surface area contributed by atoms with Crippen LogP contribution in [-0.4, -0.2) is 25.0 Å². The van der Waals surface area contributed by atoms with Crippen molar-refractivity contribution in [1.29, 1.82) is 0 Å². The summed E-state index contributed by atoms with van der Waals surface area (Å²) in [6.07, 6.45) is 1.68. The van der Waals surface area contributed by atoms with E-state index in [0.717, 1.165) is 10.9 Å². The van der Waals surface area contributed by atoms with Crippen LogP contribution in [0.3, 0.4) is 0 Å². The highest BCUT2D eigenvalue weighted by Crippen LogP contribution is 2.39. The van der Waals surface area contributed by atoms with Crippen LogP contribution < -0.4 is 5.32 Å². The molecule has 0 radical (unpaired) electrons. The molecule has 5 rings (SSSR count). The topological polar surface area (TPSA) is 140 Å². The maximum atomic E-state index is 11.7. The smallest absolute Gasteiger partial charge is 0.280 e. The van der Waals surface area contributed by atoms with E-state index in [1.807, 2.05) is 18.2 Å². The normalized spacial score (nSPS) is 11.2. The van der Waals surface area contributed by atoms with Crippen molar-refractivity contribution >= 4 is 55.5 Å². The molecule has 0 amide bonds. The van der Waals surface area contributed by atoms with Crippen molar-refractivity contribution < 1.29 is 9.85 Å². The fourth-order valence-corrected chi connectivity index (χ4v) is 3.53. The summed E-state index contributed by atoms with van der Waals surface area (Å²) in [5.74, 6) is 0. The van der Waals surface area contributed by atoms with E-state index in [2.05, 4.69) is 20.5 Å². The van der Waals surface area contributed by atoms with Crippen molar-refractivity contribution in [3.8, 4) is 0 Å². The number of H-pyrrole nitrogens is 1. The van der Waals surface area contributed by atoms with E-state index < -0.39 is 9.85 Å². The molecule has 0 bridgehead atoms. The Labute approximate surface area is 167 Å². The van der Waals surface area contributed by atoms with Crippen LogP contribution in [0.15, 0.2) is 60.8 Å². The van der Waals surface area contributed by atoms with Gasteiger partial charge in [0.25, 0.3) is 11.4 Å². The first-order valence-corrected chi connectivity index (χ1v) is 8.87. The predicted octanol–water partition coefficient (Wildman–Crippen LogP) is 4.82. The minimum Gasteiger partial charge on any atom is -0.354 e. The second kappa shape index (κ2) is 6.48. The third-order valence-corrected chi connectivity index (χ3v) is 4.88. The van der Waals surface area contributed by atoms with E-state index in [1.165, 1.54) is 24.3 Å². The van der Waals surface area contributed by atoms with Gasteiger partial charge in [0.05, 0.1) is 38.3 Å². The average Bonchev–Trinajstić information content (AvgIpc) is 3.20. The number of rotatable bonds is 4. The molecule has 2 aromatic heterocycles. The van der Waals surface area contributed by atoms with E-state index in [1.54, 1.807) is 18.3 Å². The Bertz CT molecular complexity index is 1490. The second-order valence-corrected chi connectivity index (χ2v) is 6.67. The van der Waals surface area contributed by atoms with Crippen molar-refractivity contribution in [2.24, 2.45) is 0 Å². The van der Waals surface area contributed by atoms with Gasteiger partial charge >= 0.3 is 0 Å². The molecule has 2 N–H and O–H groups in total. The van der Waals surface area contributed by atoms with Crippen LogP contribution in [0.5, 0.6) is 0 Å². The molecule has 0 aliphatic rings. The number of aromatic amines is 1. The highest BCUT2D eigenvalue weighted by Gasteiger charge is 2.20. The van der Waals surface area contributed by atoms with Gasteiger partial charge in [-0.15, -0.1) is 0 Å². The molecule has 10 nitrogen and oxygen atoms in total. The van der Waals surface area contributed by atoms with Gasteiger partial charge in [-0.3, -0.25) is 25.3 Å². The maximum Gasteiger partial charge on any atom is 0.280 e. The molecule has 0 fully saturated rings. The van der Waals surface area contributed by atoms with Gasteiger partial charge in [-0.25, -0.2) is 4.98 Å². The number of non-ortho nitro benzene ring substituents is 2. The molecular formula is C20H12N6O4. The Balaban J connectivity index is 1.82. The average molecular weight is 400 g/mol. The van der Waals surface area contributed by atoms with Crippen LogP contribution in [-0.2, 0) is 0 Å². The number of nitro benzene ring substituents is 2.